The van der Waals surface area contributed by atoms with Gasteiger partial charge in [0, 0.05) is 25.7 Å². The van der Waals surface area contributed by atoms with E-state index in [1.807, 2.05) is 0 Å². The molecule has 3 nitrogen and oxygen atoms in total. The van der Waals surface area contributed by atoms with Gasteiger partial charge < -0.3 is 4.74 Å². The molecule has 2 aliphatic rings. The Bertz CT molecular complexity index is 200. The van der Waals surface area contributed by atoms with Gasteiger partial charge in [-0.2, -0.15) is 0 Å². The minimum atomic E-state index is 0.695. The maximum Gasteiger partial charge on any atom is 0.0645 e. The van der Waals surface area contributed by atoms with Gasteiger partial charge >= 0.3 is 0 Å². The highest BCUT2D eigenvalue weighted by atomic mass is 16.5. The molecule has 0 aromatic carbocycles. The van der Waals surface area contributed by atoms with Crippen molar-refractivity contribution >= 4 is 0 Å². The number of ether oxygens (including phenoxy) is 1. The molecule has 15 heavy (non-hydrogen) atoms. The van der Waals surface area contributed by atoms with Crippen molar-refractivity contribution in [2.45, 2.75) is 32.4 Å². The first kappa shape index (κ1) is 11.4. The summed E-state index contributed by atoms with van der Waals surface area (Å²) >= 11 is 0. The van der Waals surface area contributed by atoms with Crippen LogP contribution in [0.4, 0.5) is 0 Å². The Balaban J connectivity index is 1.64. The van der Waals surface area contributed by atoms with Crippen LogP contribution < -0.4 is 0 Å². The quantitative estimate of drug-likeness (QED) is 0.677. The summed E-state index contributed by atoms with van der Waals surface area (Å²) in [5, 5.41) is 0. The average Bonchev–Trinajstić information content (AvgIpc) is 2.06. The predicted molar refractivity (Wildman–Crippen MR) is 62.1 cm³/mol. The zero-order valence-corrected chi connectivity index (χ0v) is 10.3. The zero-order chi connectivity index (χ0) is 10.8. The smallest absolute Gasteiger partial charge is 0.0645 e. The second-order valence-electron chi connectivity index (χ2n) is 5.24. The van der Waals surface area contributed by atoms with Gasteiger partial charge in [0.15, 0.2) is 0 Å². The molecule has 0 saturated carbocycles. The topological polar surface area (TPSA) is 15.7 Å². The van der Waals surface area contributed by atoms with E-state index in [0.29, 0.717) is 6.04 Å². The predicted octanol–water partition coefficient (Wildman–Crippen LogP) is 1.05. The molecule has 0 aromatic heterocycles. The Morgan fingerprint density at radius 2 is 2.00 bits per heavy atom. The molecule has 88 valence electrons. The molecule has 0 radical (unpaired) electrons. The molecule has 0 aromatic rings. The number of likely N-dealkylation sites (N-methyl/N-ethyl adjacent to an activating group) is 1. The van der Waals surface area contributed by atoms with Crippen LogP contribution in [0.3, 0.4) is 0 Å². The van der Waals surface area contributed by atoms with Crippen LogP contribution in [-0.2, 0) is 4.74 Å². The molecule has 0 amide bonds. The molecular formula is C12H24N2O. The van der Waals surface area contributed by atoms with Gasteiger partial charge in [0.1, 0.15) is 0 Å². The minimum absolute atomic E-state index is 0.695. The third kappa shape index (κ3) is 2.52. The van der Waals surface area contributed by atoms with Crippen LogP contribution in [-0.4, -0.2) is 61.8 Å². The monoisotopic (exact) mass is 212 g/mol. The van der Waals surface area contributed by atoms with Gasteiger partial charge in [-0.25, -0.2) is 0 Å². The van der Waals surface area contributed by atoms with E-state index in [1.54, 1.807) is 0 Å². The van der Waals surface area contributed by atoms with Crippen LogP contribution in [0.25, 0.3) is 0 Å². The van der Waals surface area contributed by atoms with Crippen molar-refractivity contribution in [2.75, 3.05) is 39.9 Å². The largest absolute Gasteiger partial charge is 0.378 e. The Labute approximate surface area is 93.4 Å². The van der Waals surface area contributed by atoms with Gasteiger partial charge in [-0.1, -0.05) is 20.3 Å². The van der Waals surface area contributed by atoms with Gasteiger partial charge in [0.2, 0.25) is 0 Å². The van der Waals surface area contributed by atoms with E-state index in [1.165, 1.54) is 26.1 Å². The van der Waals surface area contributed by atoms with Crippen LogP contribution in [0.15, 0.2) is 0 Å². The number of nitrogens with zero attached hydrogens (tertiary/aromatic N) is 2. The molecule has 2 saturated heterocycles. The molecule has 0 bridgehead atoms. The van der Waals surface area contributed by atoms with E-state index in [0.717, 1.165) is 25.2 Å². The van der Waals surface area contributed by atoms with Crippen LogP contribution in [0.5, 0.6) is 0 Å². The third-order valence-corrected chi connectivity index (χ3v) is 3.98. The van der Waals surface area contributed by atoms with Gasteiger partial charge in [-0.3, -0.25) is 9.80 Å². The third-order valence-electron chi connectivity index (χ3n) is 3.98. The van der Waals surface area contributed by atoms with Crippen LogP contribution in [0.2, 0.25) is 0 Å². The van der Waals surface area contributed by atoms with E-state index in [4.69, 9.17) is 4.74 Å². The number of hydrogen-bond donors (Lipinski definition) is 0. The minimum Gasteiger partial charge on any atom is -0.378 e. The first-order chi connectivity index (χ1) is 7.20. The van der Waals surface area contributed by atoms with Crippen LogP contribution in [0, 0.1) is 5.92 Å². The second kappa shape index (κ2) is 4.81. The normalized spacial score (nSPS) is 26.4. The Morgan fingerprint density at radius 1 is 1.33 bits per heavy atom. The fraction of sp³-hybridized carbons (Fsp3) is 1.00. The Hall–Kier alpha value is -0.120. The highest BCUT2D eigenvalue weighted by molar-refractivity contribution is 4.91. The summed E-state index contributed by atoms with van der Waals surface area (Å²) in [5.41, 5.74) is 0. The molecule has 0 aliphatic carbocycles. The van der Waals surface area contributed by atoms with Crippen LogP contribution >= 0.6 is 0 Å². The molecule has 2 rings (SSSR count). The summed E-state index contributed by atoms with van der Waals surface area (Å²) in [6.07, 6.45) is 1.30. The zero-order valence-electron chi connectivity index (χ0n) is 10.3. The van der Waals surface area contributed by atoms with E-state index in [9.17, 15) is 0 Å². The van der Waals surface area contributed by atoms with Crippen molar-refractivity contribution < 1.29 is 4.74 Å². The number of rotatable bonds is 5. The van der Waals surface area contributed by atoms with Crippen molar-refractivity contribution in [1.29, 1.82) is 0 Å². The van der Waals surface area contributed by atoms with Crippen molar-refractivity contribution in [3.63, 3.8) is 0 Å². The van der Waals surface area contributed by atoms with Crippen molar-refractivity contribution in [3.8, 4) is 0 Å². The molecular weight excluding hydrogens is 188 g/mol. The fourth-order valence-corrected chi connectivity index (χ4v) is 2.28. The van der Waals surface area contributed by atoms with Crippen LogP contribution in [0.1, 0.15) is 20.3 Å². The van der Waals surface area contributed by atoms with E-state index in [2.05, 4.69) is 30.7 Å². The lowest BCUT2D eigenvalue weighted by Crippen LogP contribution is -2.64. The van der Waals surface area contributed by atoms with E-state index < -0.39 is 0 Å². The molecule has 0 N–H and O–H groups in total. The Morgan fingerprint density at radius 3 is 2.47 bits per heavy atom. The van der Waals surface area contributed by atoms with Gasteiger partial charge in [-0.05, 0) is 13.0 Å². The van der Waals surface area contributed by atoms with Gasteiger partial charge in [-0.15, -0.1) is 0 Å². The first-order valence-corrected chi connectivity index (χ1v) is 6.22. The van der Waals surface area contributed by atoms with Crippen molar-refractivity contribution in [2.24, 2.45) is 5.92 Å². The average molecular weight is 212 g/mol. The number of likely N-dealkylation sites (tertiary alicyclic amines) is 1. The maximum atomic E-state index is 5.23. The molecule has 2 heterocycles. The standard InChI is InChI=1S/C12H24N2O/c1-4-10(2)5-14-6-11(7-14)13(3)12-8-15-9-12/h10-12H,4-9H2,1-3H3. The fourth-order valence-electron chi connectivity index (χ4n) is 2.28. The summed E-state index contributed by atoms with van der Waals surface area (Å²) < 4.78 is 5.23. The SMILES string of the molecule is CCC(C)CN1CC(N(C)C2COC2)C1. The lowest BCUT2D eigenvalue weighted by atomic mass is 10.0. The molecule has 2 aliphatic heterocycles. The molecule has 1 atom stereocenters. The second-order valence-corrected chi connectivity index (χ2v) is 5.24. The van der Waals surface area contributed by atoms with E-state index in [-0.39, 0.29) is 0 Å². The maximum absolute atomic E-state index is 5.23. The number of hydrogen-bond acceptors (Lipinski definition) is 3. The Kier molecular flexibility index (Phi) is 3.65. The van der Waals surface area contributed by atoms with Gasteiger partial charge in [0.25, 0.3) is 0 Å². The molecule has 2 fully saturated rings. The summed E-state index contributed by atoms with van der Waals surface area (Å²) in [6.45, 7) is 10.3. The molecule has 1 unspecified atom stereocenters. The van der Waals surface area contributed by atoms with Crippen molar-refractivity contribution in [3.05, 3.63) is 0 Å². The summed E-state index contributed by atoms with van der Waals surface area (Å²) in [6, 6.07) is 1.48. The van der Waals surface area contributed by atoms with E-state index >= 15 is 0 Å². The summed E-state index contributed by atoms with van der Waals surface area (Å²) in [5.74, 6) is 0.850. The lowest BCUT2D eigenvalue weighted by molar-refractivity contribution is -0.0939. The summed E-state index contributed by atoms with van der Waals surface area (Å²) in [7, 11) is 2.25. The summed E-state index contributed by atoms with van der Waals surface area (Å²) in [4.78, 5) is 5.09. The molecule has 3 heteroatoms. The first-order valence-electron chi connectivity index (χ1n) is 6.22. The van der Waals surface area contributed by atoms with Crippen molar-refractivity contribution in [1.82, 2.24) is 9.80 Å². The van der Waals surface area contributed by atoms with Gasteiger partial charge in [0.05, 0.1) is 19.3 Å². The molecule has 0 spiro atoms. The highest BCUT2D eigenvalue weighted by Crippen LogP contribution is 2.20. The highest BCUT2D eigenvalue weighted by Gasteiger charge is 2.35. The lowest BCUT2D eigenvalue weighted by Gasteiger charge is -2.49.